The molecule has 1 amide bonds. The molecule has 3 aromatic rings. The summed E-state index contributed by atoms with van der Waals surface area (Å²) >= 11 is 12.0. The lowest BCUT2D eigenvalue weighted by atomic mass is 10.0. The molecule has 0 unspecified atom stereocenters. The van der Waals surface area contributed by atoms with Crippen molar-refractivity contribution in [3.05, 3.63) is 87.9 Å². The summed E-state index contributed by atoms with van der Waals surface area (Å²) in [5, 5.41) is 3.71. The highest BCUT2D eigenvalue weighted by atomic mass is 35.5. The van der Waals surface area contributed by atoms with Crippen LogP contribution in [0.25, 0.3) is 0 Å². The van der Waals surface area contributed by atoms with Gasteiger partial charge in [-0.3, -0.25) is 9.10 Å². The molecule has 3 aromatic carbocycles. The third kappa shape index (κ3) is 4.03. The first kappa shape index (κ1) is 20.7. The second kappa shape index (κ2) is 8.30. The van der Waals surface area contributed by atoms with Crippen LogP contribution in [0.15, 0.2) is 71.6 Å². The molecule has 1 aliphatic heterocycles. The van der Waals surface area contributed by atoms with Crippen LogP contribution in [0.3, 0.4) is 0 Å². The minimum atomic E-state index is -3.72. The largest absolute Gasteiger partial charge is 0.321 e. The molecule has 0 saturated carbocycles. The number of halogens is 2. The normalized spacial score (nSPS) is 13.6. The van der Waals surface area contributed by atoms with Crippen LogP contribution < -0.4 is 9.62 Å². The molecule has 30 heavy (non-hydrogen) atoms. The van der Waals surface area contributed by atoms with Crippen molar-refractivity contribution in [2.45, 2.75) is 17.7 Å². The van der Waals surface area contributed by atoms with Crippen LogP contribution in [0.4, 0.5) is 11.4 Å². The Morgan fingerprint density at radius 2 is 1.70 bits per heavy atom. The van der Waals surface area contributed by atoms with Gasteiger partial charge in [0.25, 0.3) is 15.9 Å². The van der Waals surface area contributed by atoms with Gasteiger partial charge in [-0.2, -0.15) is 0 Å². The average molecular weight is 461 g/mol. The van der Waals surface area contributed by atoms with Crippen LogP contribution in [-0.2, 0) is 16.4 Å². The van der Waals surface area contributed by atoms with E-state index in [0.29, 0.717) is 46.4 Å². The Morgan fingerprint density at radius 1 is 0.967 bits per heavy atom. The van der Waals surface area contributed by atoms with Gasteiger partial charge < -0.3 is 5.32 Å². The number of rotatable bonds is 4. The zero-order valence-corrected chi connectivity index (χ0v) is 18.1. The molecule has 4 rings (SSSR count). The van der Waals surface area contributed by atoms with Crippen LogP contribution in [0.1, 0.15) is 22.3 Å². The number of nitrogens with zero attached hydrogens (tertiary/aromatic N) is 1. The molecule has 0 fully saturated rings. The first-order chi connectivity index (χ1) is 14.4. The summed E-state index contributed by atoms with van der Waals surface area (Å²) in [5.41, 5.74) is 2.37. The maximum Gasteiger partial charge on any atom is 0.264 e. The van der Waals surface area contributed by atoms with Gasteiger partial charge in [0.15, 0.2) is 0 Å². The summed E-state index contributed by atoms with van der Waals surface area (Å²) in [6.45, 7) is 0.378. The molecule has 5 nitrogen and oxygen atoms in total. The lowest BCUT2D eigenvalue weighted by Crippen LogP contribution is -2.35. The van der Waals surface area contributed by atoms with E-state index in [1.807, 2.05) is 0 Å². The number of carbonyl (C=O) groups excluding carboxylic acids is 1. The van der Waals surface area contributed by atoms with E-state index < -0.39 is 10.0 Å². The maximum atomic E-state index is 13.1. The quantitative estimate of drug-likeness (QED) is 0.567. The van der Waals surface area contributed by atoms with Gasteiger partial charge in [-0.1, -0.05) is 35.3 Å². The molecule has 1 aliphatic rings. The summed E-state index contributed by atoms with van der Waals surface area (Å²) in [5.74, 6) is -0.302. The highest BCUT2D eigenvalue weighted by molar-refractivity contribution is 7.92. The monoisotopic (exact) mass is 460 g/mol. The Labute approximate surface area is 185 Å². The molecule has 0 aromatic heterocycles. The van der Waals surface area contributed by atoms with Crippen molar-refractivity contribution in [3.8, 4) is 0 Å². The number of anilines is 2. The van der Waals surface area contributed by atoms with Crippen LogP contribution in [0.5, 0.6) is 0 Å². The molecule has 0 bridgehead atoms. The number of para-hydroxylation sites is 1. The molecule has 1 heterocycles. The number of carbonyl (C=O) groups is 1. The maximum absolute atomic E-state index is 13.1. The topological polar surface area (TPSA) is 66.5 Å². The highest BCUT2D eigenvalue weighted by Crippen LogP contribution is 2.33. The zero-order chi connectivity index (χ0) is 21.3. The summed E-state index contributed by atoms with van der Waals surface area (Å²) in [7, 11) is -3.72. The third-order valence-electron chi connectivity index (χ3n) is 4.94. The lowest BCUT2D eigenvalue weighted by molar-refractivity contribution is 0.102. The Morgan fingerprint density at radius 3 is 2.43 bits per heavy atom. The van der Waals surface area contributed by atoms with Gasteiger partial charge in [0.1, 0.15) is 0 Å². The van der Waals surface area contributed by atoms with Gasteiger partial charge in [-0.15, -0.1) is 0 Å². The summed E-state index contributed by atoms with van der Waals surface area (Å²) in [6.07, 6.45) is 1.35. The average Bonchev–Trinajstić information content (AvgIpc) is 2.74. The highest BCUT2D eigenvalue weighted by Gasteiger charge is 2.29. The minimum Gasteiger partial charge on any atom is -0.321 e. The number of sulfonamides is 1. The van der Waals surface area contributed by atoms with Crippen molar-refractivity contribution in [1.82, 2.24) is 0 Å². The number of amides is 1. The number of aryl methyl sites for hydroxylation is 1. The van der Waals surface area contributed by atoms with E-state index in [2.05, 4.69) is 5.32 Å². The Balaban J connectivity index is 1.63. The fraction of sp³-hybridized carbons (Fsp3) is 0.136. The Bertz CT molecular complexity index is 1210. The van der Waals surface area contributed by atoms with Crippen molar-refractivity contribution in [1.29, 1.82) is 0 Å². The molecular formula is C22H18Cl2N2O3S. The van der Waals surface area contributed by atoms with Gasteiger partial charge in [0.2, 0.25) is 0 Å². The van der Waals surface area contributed by atoms with E-state index in [4.69, 9.17) is 23.2 Å². The second-order valence-electron chi connectivity index (χ2n) is 6.91. The molecule has 0 aliphatic carbocycles. The van der Waals surface area contributed by atoms with Crippen LogP contribution in [-0.4, -0.2) is 20.9 Å². The zero-order valence-electron chi connectivity index (χ0n) is 15.8. The molecule has 0 spiro atoms. The summed E-state index contributed by atoms with van der Waals surface area (Å²) in [6, 6.07) is 18.1. The molecule has 154 valence electrons. The van der Waals surface area contributed by atoms with Crippen molar-refractivity contribution in [2.75, 3.05) is 16.2 Å². The minimum absolute atomic E-state index is 0.181. The summed E-state index contributed by atoms with van der Waals surface area (Å²) in [4.78, 5) is 12.9. The van der Waals surface area contributed by atoms with Crippen molar-refractivity contribution in [3.63, 3.8) is 0 Å². The van der Waals surface area contributed by atoms with E-state index in [0.717, 1.165) is 5.56 Å². The van der Waals surface area contributed by atoms with Crippen molar-refractivity contribution in [2.24, 2.45) is 0 Å². The van der Waals surface area contributed by atoms with E-state index in [1.165, 1.54) is 16.4 Å². The molecule has 0 radical (unpaired) electrons. The van der Waals surface area contributed by atoms with Gasteiger partial charge in [0, 0.05) is 17.1 Å². The van der Waals surface area contributed by atoms with Crippen LogP contribution in [0, 0.1) is 0 Å². The van der Waals surface area contributed by atoms with E-state index in [1.54, 1.807) is 54.6 Å². The fourth-order valence-electron chi connectivity index (χ4n) is 3.44. The van der Waals surface area contributed by atoms with Gasteiger partial charge in [0.05, 0.1) is 21.3 Å². The van der Waals surface area contributed by atoms with Gasteiger partial charge in [-0.05, 0) is 73.0 Å². The molecule has 0 atom stereocenters. The second-order valence-corrected chi connectivity index (χ2v) is 9.62. The standard InChI is InChI=1S/C22H18Cl2N2O3S/c23-17-8-10-18(11-9-17)30(28,29)26-13-3-4-15-14-16(7-12-21(15)26)22(27)25-20-6-2-1-5-19(20)24/h1-2,5-12,14H,3-4,13H2,(H,25,27). The van der Waals surface area contributed by atoms with Crippen LogP contribution in [0.2, 0.25) is 10.0 Å². The number of nitrogens with one attached hydrogen (secondary N) is 1. The SMILES string of the molecule is O=C(Nc1ccccc1Cl)c1ccc2c(c1)CCCN2S(=O)(=O)c1ccc(Cl)cc1. The molecule has 0 saturated heterocycles. The van der Waals surface area contributed by atoms with Gasteiger partial charge in [-0.25, -0.2) is 8.42 Å². The number of benzene rings is 3. The Hall–Kier alpha value is -2.54. The fourth-order valence-corrected chi connectivity index (χ4v) is 5.29. The molecular weight excluding hydrogens is 443 g/mol. The number of hydrogen-bond donors (Lipinski definition) is 1. The first-order valence-corrected chi connectivity index (χ1v) is 11.5. The first-order valence-electron chi connectivity index (χ1n) is 9.33. The number of hydrogen-bond acceptors (Lipinski definition) is 3. The predicted octanol–water partition coefficient (Wildman–Crippen LogP) is 5.39. The van der Waals surface area contributed by atoms with E-state index in [-0.39, 0.29) is 10.8 Å². The van der Waals surface area contributed by atoms with Gasteiger partial charge >= 0.3 is 0 Å². The van der Waals surface area contributed by atoms with Crippen molar-refractivity contribution >= 4 is 50.5 Å². The smallest absolute Gasteiger partial charge is 0.264 e. The van der Waals surface area contributed by atoms with Crippen LogP contribution >= 0.6 is 23.2 Å². The lowest BCUT2D eigenvalue weighted by Gasteiger charge is -2.30. The molecule has 1 N–H and O–H groups in total. The Kier molecular flexibility index (Phi) is 5.73. The van der Waals surface area contributed by atoms with E-state index in [9.17, 15) is 13.2 Å². The predicted molar refractivity (Wildman–Crippen MR) is 120 cm³/mol. The molecule has 8 heteroatoms. The third-order valence-corrected chi connectivity index (χ3v) is 7.35. The van der Waals surface area contributed by atoms with E-state index >= 15 is 0 Å². The number of fused-ring (bicyclic) bond motifs is 1. The summed E-state index contributed by atoms with van der Waals surface area (Å²) < 4.78 is 27.7. The van der Waals surface area contributed by atoms with Crippen molar-refractivity contribution < 1.29 is 13.2 Å².